The molecule has 0 aliphatic heterocycles. The number of aliphatic carboxylic acids is 1. The van der Waals surface area contributed by atoms with E-state index < -0.39 is 17.3 Å². The molecule has 0 aromatic heterocycles. The molecule has 4 nitrogen and oxygen atoms in total. The van der Waals surface area contributed by atoms with Gasteiger partial charge in [0.05, 0.1) is 5.25 Å². The first-order valence-electron chi connectivity index (χ1n) is 3.16. The minimum absolute atomic E-state index is 0.372. The van der Waals surface area contributed by atoms with Gasteiger partial charge in [-0.15, -0.1) is 0 Å². The number of rotatable bonds is 3. The zero-order valence-corrected chi connectivity index (χ0v) is 7.26. The van der Waals surface area contributed by atoms with Gasteiger partial charge in [-0.3, -0.25) is 9.59 Å². The minimum Gasteiger partial charge on any atom is -0.480 e. The predicted molar refractivity (Wildman–Crippen MR) is 43.7 cm³/mol. The molecular formula is C6H11NO3S. The van der Waals surface area contributed by atoms with Crippen LogP contribution in [0.1, 0.15) is 13.8 Å². The fraction of sp³-hybridized carbons (Fsp3) is 0.667. The Morgan fingerprint density at radius 3 is 2.18 bits per heavy atom. The molecule has 2 atom stereocenters. The molecule has 0 aromatic carbocycles. The van der Waals surface area contributed by atoms with Gasteiger partial charge in [0.15, 0.2) is 0 Å². The molecule has 0 aromatic rings. The third kappa shape index (κ3) is 3.87. The molecule has 11 heavy (non-hydrogen) atoms. The number of hydrogen-bond donors (Lipinski definition) is 3. The lowest BCUT2D eigenvalue weighted by molar-refractivity contribution is -0.141. The SMILES string of the molecule is C[C@H](NC(=O)[C@@H](C)S)C(=O)O. The van der Waals surface area contributed by atoms with Crippen LogP contribution in [-0.2, 0) is 9.59 Å². The number of carboxylic acid groups (broad SMARTS) is 1. The topological polar surface area (TPSA) is 66.4 Å². The van der Waals surface area contributed by atoms with Crippen LogP contribution in [0.5, 0.6) is 0 Å². The molecule has 0 heterocycles. The first-order valence-corrected chi connectivity index (χ1v) is 3.68. The molecule has 5 heteroatoms. The van der Waals surface area contributed by atoms with Crippen molar-refractivity contribution >= 4 is 24.5 Å². The van der Waals surface area contributed by atoms with Gasteiger partial charge in [-0.25, -0.2) is 0 Å². The number of amides is 1. The van der Waals surface area contributed by atoms with Crippen LogP contribution in [0.2, 0.25) is 0 Å². The molecule has 0 aliphatic rings. The Kier molecular flexibility index (Phi) is 3.95. The zero-order valence-electron chi connectivity index (χ0n) is 6.37. The molecule has 0 bridgehead atoms. The van der Waals surface area contributed by atoms with E-state index in [1.807, 2.05) is 0 Å². The maximum Gasteiger partial charge on any atom is 0.325 e. The van der Waals surface area contributed by atoms with Crippen molar-refractivity contribution in [3.8, 4) is 0 Å². The van der Waals surface area contributed by atoms with Crippen molar-refractivity contribution in [2.75, 3.05) is 0 Å². The molecule has 0 spiro atoms. The largest absolute Gasteiger partial charge is 0.480 e. The Bertz CT molecular complexity index is 169. The lowest BCUT2D eigenvalue weighted by Crippen LogP contribution is -2.41. The Morgan fingerprint density at radius 2 is 1.91 bits per heavy atom. The highest BCUT2D eigenvalue weighted by Gasteiger charge is 2.15. The van der Waals surface area contributed by atoms with Crippen molar-refractivity contribution in [2.45, 2.75) is 25.1 Å². The molecule has 0 saturated carbocycles. The second kappa shape index (κ2) is 4.23. The molecular weight excluding hydrogens is 166 g/mol. The number of hydrogen-bond acceptors (Lipinski definition) is 3. The third-order valence-electron chi connectivity index (χ3n) is 1.11. The van der Waals surface area contributed by atoms with E-state index in [1.54, 1.807) is 6.92 Å². The number of carbonyl (C=O) groups is 2. The number of nitrogens with one attached hydrogen (secondary N) is 1. The minimum atomic E-state index is -1.05. The Labute approximate surface area is 70.4 Å². The van der Waals surface area contributed by atoms with E-state index in [0.717, 1.165) is 0 Å². The Morgan fingerprint density at radius 1 is 1.45 bits per heavy atom. The van der Waals surface area contributed by atoms with Crippen LogP contribution in [0.4, 0.5) is 0 Å². The second-order valence-electron chi connectivity index (χ2n) is 2.24. The summed E-state index contributed by atoms with van der Waals surface area (Å²) in [6, 6.07) is -0.850. The van der Waals surface area contributed by atoms with Gasteiger partial charge in [-0.05, 0) is 13.8 Å². The summed E-state index contributed by atoms with van der Waals surface area (Å²) in [6.45, 7) is 2.98. The van der Waals surface area contributed by atoms with Crippen molar-refractivity contribution in [3.63, 3.8) is 0 Å². The normalized spacial score (nSPS) is 15.2. The molecule has 0 saturated heterocycles. The summed E-state index contributed by atoms with van der Waals surface area (Å²) >= 11 is 3.83. The quantitative estimate of drug-likeness (QED) is 0.527. The molecule has 0 radical (unpaired) electrons. The first kappa shape index (κ1) is 10.3. The van der Waals surface area contributed by atoms with Gasteiger partial charge >= 0.3 is 5.97 Å². The van der Waals surface area contributed by atoms with Gasteiger partial charge < -0.3 is 10.4 Å². The van der Waals surface area contributed by atoms with Crippen LogP contribution >= 0.6 is 12.6 Å². The van der Waals surface area contributed by atoms with E-state index in [1.165, 1.54) is 6.92 Å². The number of carbonyl (C=O) groups excluding carboxylic acids is 1. The van der Waals surface area contributed by atoms with Crippen LogP contribution in [0.15, 0.2) is 0 Å². The Hall–Kier alpha value is -0.710. The summed E-state index contributed by atoms with van der Waals surface area (Å²) in [7, 11) is 0. The fourth-order valence-corrected chi connectivity index (χ4v) is 0.470. The van der Waals surface area contributed by atoms with E-state index in [0.29, 0.717) is 0 Å². The monoisotopic (exact) mass is 177 g/mol. The molecule has 0 fully saturated rings. The number of thiol groups is 1. The summed E-state index contributed by atoms with van der Waals surface area (Å²) < 4.78 is 0. The van der Waals surface area contributed by atoms with Crippen LogP contribution in [0.3, 0.4) is 0 Å². The lowest BCUT2D eigenvalue weighted by Gasteiger charge is -2.10. The van der Waals surface area contributed by atoms with Crippen LogP contribution < -0.4 is 5.32 Å². The standard InChI is InChI=1S/C6H11NO3S/c1-3(6(9)10)7-5(8)4(2)11/h3-4,11H,1-2H3,(H,7,8)(H,9,10)/t3-,4+/m0/s1. The van der Waals surface area contributed by atoms with Gasteiger partial charge in [0.1, 0.15) is 6.04 Å². The highest BCUT2D eigenvalue weighted by atomic mass is 32.1. The van der Waals surface area contributed by atoms with Crippen molar-refractivity contribution < 1.29 is 14.7 Å². The van der Waals surface area contributed by atoms with Gasteiger partial charge in [-0.1, -0.05) is 0 Å². The maximum atomic E-state index is 10.8. The molecule has 1 amide bonds. The molecule has 0 unspecified atom stereocenters. The van der Waals surface area contributed by atoms with Crippen molar-refractivity contribution in [2.24, 2.45) is 0 Å². The molecule has 0 aliphatic carbocycles. The second-order valence-corrected chi connectivity index (χ2v) is 3.02. The van der Waals surface area contributed by atoms with E-state index in [4.69, 9.17) is 5.11 Å². The maximum absolute atomic E-state index is 10.8. The van der Waals surface area contributed by atoms with E-state index >= 15 is 0 Å². The van der Waals surface area contributed by atoms with E-state index in [9.17, 15) is 9.59 Å². The average molecular weight is 177 g/mol. The van der Waals surface area contributed by atoms with Crippen LogP contribution in [0, 0.1) is 0 Å². The van der Waals surface area contributed by atoms with Gasteiger partial charge in [0.25, 0.3) is 0 Å². The lowest BCUT2D eigenvalue weighted by atomic mass is 10.3. The van der Waals surface area contributed by atoms with E-state index in [-0.39, 0.29) is 5.91 Å². The number of carboxylic acids is 1. The molecule has 2 N–H and O–H groups in total. The highest BCUT2D eigenvalue weighted by Crippen LogP contribution is 1.92. The fourth-order valence-electron chi connectivity index (χ4n) is 0.396. The summed E-state index contributed by atoms with van der Waals surface area (Å²) in [5.74, 6) is -1.42. The highest BCUT2D eigenvalue weighted by molar-refractivity contribution is 7.81. The van der Waals surface area contributed by atoms with Crippen molar-refractivity contribution in [1.82, 2.24) is 5.32 Å². The van der Waals surface area contributed by atoms with Crippen molar-refractivity contribution in [1.29, 1.82) is 0 Å². The summed E-state index contributed by atoms with van der Waals surface area (Å²) in [4.78, 5) is 21.0. The van der Waals surface area contributed by atoms with Crippen LogP contribution in [-0.4, -0.2) is 28.3 Å². The zero-order chi connectivity index (χ0) is 9.02. The summed E-state index contributed by atoms with van der Waals surface area (Å²) in [5.41, 5.74) is 0. The Balaban J connectivity index is 3.85. The average Bonchev–Trinajstić information content (AvgIpc) is 1.87. The van der Waals surface area contributed by atoms with Crippen molar-refractivity contribution in [3.05, 3.63) is 0 Å². The van der Waals surface area contributed by atoms with Gasteiger partial charge in [0, 0.05) is 0 Å². The van der Waals surface area contributed by atoms with Gasteiger partial charge in [0.2, 0.25) is 5.91 Å². The smallest absolute Gasteiger partial charge is 0.325 e. The predicted octanol–water partition coefficient (Wildman–Crippen LogP) is -0.106. The third-order valence-corrected chi connectivity index (χ3v) is 1.34. The van der Waals surface area contributed by atoms with E-state index in [2.05, 4.69) is 17.9 Å². The van der Waals surface area contributed by atoms with Gasteiger partial charge in [-0.2, -0.15) is 12.6 Å². The summed E-state index contributed by atoms with van der Waals surface area (Å²) in [6.07, 6.45) is 0. The molecule has 64 valence electrons. The first-order chi connectivity index (χ1) is 4.95. The van der Waals surface area contributed by atoms with Crippen LogP contribution in [0.25, 0.3) is 0 Å². The molecule has 0 rings (SSSR count). The summed E-state index contributed by atoms with van der Waals surface area (Å²) in [5, 5.41) is 10.2.